The third-order valence-electron chi connectivity index (χ3n) is 1.99. The van der Waals surface area contributed by atoms with Crippen molar-refractivity contribution in [3.05, 3.63) is 34.4 Å². The van der Waals surface area contributed by atoms with Gasteiger partial charge in [0, 0.05) is 23.7 Å². The van der Waals surface area contributed by atoms with Gasteiger partial charge in [0.25, 0.3) is 5.09 Å². The first-order valence-corrected chi connectivity index (χ1v) is 8.39. The summed E-state index contributed by atoms with van der Waals surface area (Å²) in [6, 6.07) is 6.49. The summed E-state index contributed by atoms with van der Waals surface area (Å²) >= 11 is 0. The van der Waals surface area contributed by atoms with Crippen LogP contribution in [0.25, 0.3) is 0 Å². The minimum Gasteiger partial charge on any atom is -0.410 e. The van der Waals surface area contributed by atoms with Gasteiger partial charge >= 0.3 is 6.09 Å². The second kappa shape index (κ2) is 10.00. The van der Waals surface area contributed by atoms with E-state index in [2.05, 4.69) is 10.2 Å². The van der Waals surface area contributed by atoms with Crippen LogP contribution in [-0.2, 0) is 4.84 Å². The average Bonchev–Trinajstić information content (AvgIpc) is 2.44. The van der Waals surface area contributed by atoms with E-state index in [1.807, 2.05) is 0 Å². The van der Waals surface area contributed by atoms with Crippen molar-refractivity contribution in [2.75, 3.05) is 30.4 Å². The Bertz CT molecular complexity index is 458. The zero-order chi connectivity index (χ0) is 15.5. The number of benzene rings is 1. The molecular formula is C11H15N3O5S2. The minimum atomic E-state index is -0.819. The molecule has 21 heavy (non-hydrogen) atoms. The van der Waals surface area contributed by atoms with Gasteiger partial charge in [0.05, 0.1) is 0 Å². The first-order valence-electron chi connectivity index (χ1n) is 5.91. The molecule has 0 aliphatic rings. The van der Waals surface area contributed by atoms with Crippen molar-refractivity contribution in [2.45, 2.75) is 0 Å². The third-order valence-corrected chi connectivity index (χ3v) is 4.36. The largest absolute Gasteiger partial charge is 0.412 e. The van der Waals surface area contributed by atoms with Gasteiger partial charge in [-0.05, 0) is 24.3 Å². The van der Waals surface area contributed by atoms with Crippen molar-refractivity contribution in [3.8, 4) is 5.75 Å². The standard InChI is InChI=1S/C11H15N3O5S2/c12-9-1-3-10(4-2-9)19-11(15)13-5-7-20-21-8-6-18-14(16)17/h1-4H,5-8,12H2,(H,13,15). The van der Waals surface area contributed by atoms with Crippen LogP contribution in [0, 0.1) is 10.1 Å². The van der Waals surface area contributed by atoms with Gasteiger partial charge in [-0.3, -0.25) is 0 Å². The molecule has 0 spiro atoms. The highest BCUT2D eigenvalue weighted by Gasteiger charge is 2.03. The van der Waals surface area contributed by atoms with Gasteiger partial charge < -0.3 is 20.6 Å². The molecule has 0 unspecified atom stereocenters. The number of hydrogen-bond acceptors (Lipinski definition) is 8. The SMILES string of the molecule is Nc1ccc(OC(=O)NCCSSCCO[N+](=O)[O-])cc1. The number of rotatable bonds is 9. The van der Waals surface area contributed by atoms with Crippen molar-refractivity contribution >= 4 is 33.4 Å². The average molecular weight is 333 g/mol. The number of nitrogens with two attached hydrogens (primary N) is 1. The monoisotopic (exact) mass is 333 g/mol. The van der Waals surface area contributed by atoms with Crippen LogP contribution < -0.4 is 15.8 Å². The fraction of sp³-hybridized carbons (Fsp3) is 0.364. The molecule has 0 radical (unpaired) electrons. The fourth-order valence-electron chi connectivity index (χ4n) is 1.14. The fourth-order valence-corrected chi connectivity index (χ4v) is 2.86. The van der Waals surface area contributed by atoms with Crippen LogP contribution >= 0.6 is 21.6 Å². The highest BCUT2D eigenvalue weighted by atomic mass is 33.1. The molecule has 0 heterocycles. The van der Waals surface area contributed by atoms with Crippen LogP contribution in [0.15, 0.2) is 24.3 Å². The number of carbonyl (C=O) groups is 1. The highest BCUT2D eigenvalue weighted by molar-refractivity contribution is 8.76. The van der Waals surface area contributed by atoms with Crippen molar-refractivity contribution in [2.24, 2.45) is 0 Å². The molecule has 0 atom stereocenters. The summed E-state index contributed by atoms with van der Waals surface area (Å²) < 4.78 is 5.02. The van der Waals surface area contributed by atoms with Crippen LogP contribution in [0.3, 0.4) is 0 Å². The van der Waals surface area contributed by atoms with Crippen LogP contribution in [-0.4, -0.2) is 35.8 Å². The molecule has 0 aliphatic heterocycles. The molecule has 0 aliphatic carbocycles. The minimum absolute atomic E-state index is 0.0529. The van der Waals surface area contributed by atoms with Crippen molar-refractivity contribution in [3.63, 3.8) is 0 Å². The molecule has 1 aromatic rings. The number of anilines is 1. The van der Waals surface area contributed by atoms with Gasteiger partial charge in [0.15, 0.2) is 0 Å². The van der Waals surface area contributed by atoms with E-state index in [0.29, 0.717) is 29.5 Å². The molecular weight excluding hydrogens is 318 g/mol. The van der Waals surface area contributed by atoms with E-state index in [-0.39, 0.29) is 6.61 Å². The number of nitrogens with zero attached hydrogens (tertiary/aromatic N) is 1. The number of nitrogens with one attached hydrogen (secondary N) is 1. The molecule has 8 nitrogen and oxygen atoms in total. The summed E-state index contributed by atoms with van der Waals surface area (Å²) in [5.41, 5.74) is 6.11. The normalized spacial score (nSPS) is 9.90. The van der Waals surface area contributed by atoms with Crippen molar-refractivity contribution < 1.29 is 19.5 Å². The first-order chi connectivity index (χ1) is 10.1. The molecule has 1 aromatic carbocycles. The maximum absolute atomic E-state index is 11.4. The Balaban J connectivity index is 2.01. The molecule has 0 bridgehead atoms. The molecule has 0 aromatic heterocycles. The van der Waals surface area contributed by atoms with Gasteiger partial charge in [-0.2, -0.15) is 0 Å². The van der Waals surface area contributed by atoms with Gasteiger partial charge in [0.1, 0.15) is 12.4 Å². The Morgan fingerprint density at radius 3 is 2.62 bits per heavy atom. The summed E-state index contributed by atoms with van der Waals surface area (Å²) in [7, 11) is 2.92. The second-order valence-corrected chi connectivity index (χ2v) is 6.29. The molecule has 1 amide bonds. The van der Waals surface area contributed by atoms with Gasteiger partial charge in [0.2, 0.25) is 0 Å². The van der Waals surface area contributed by atoms with E-state index < -0.39 is 11.2 Å². The zero-order valence-electron chi connectivity index (χ0n) is 11.0. The zero-order valence-corrected chi connectivity index (χ0v) is 12.7. The number of hydrogen-bond donors (Lipinski definition) is 2. The van der Waals surface area contributed by atoms with E-state index >= 15 is 0 Å². The van der Waals surface area contributed by atoms with E-state index in [1.54, 1.807) is 24.3 Å². The van der Waals surface area contributed by atoms with Crippen LogP contribution in [0.2, 0.25) is 0 Å². The molecule has 0 fully saturated rings. The Labute approximate surface area is 129 Å². The Morgan fingerprint density at radius 1 is 1.29 bits per heavy atom. The lowest BCUT2D eigenvalue weighted by Gasteiger charge is -2.06. The maximum Gasteiger partial charge on any atom is 0.412 e. The maximum atomic E-state index is 11.4. The molecule has 116 valence electrons. The topological polar surface area (TPSA) is 117 Å². The van der Waals surface area contributed by atoms with Crippen LogP contribution in [0.5, 0.6) is 5.75 Å². The first kappa shape index (κ1) is 17.2. The van der Waals surface area contributed by atoms with Crippen molar-refractivity contribution in [1.82, 2.24) is 5.32 Å². The number of carbonyl (C=O) groups excluding carboxylic acids is 1. The number of ether oxygens (including phenoxy) is 1. The lowest BCUT2D eigenvalue weighted by Crippen LogP contribution is -2.28. The summed E-state index contributed by atoms with van der Waals surface area (Å²) in [4.78, 5) is 25.5. The molecule has 10 heteroatoms. The number of nitrogen functional groups attached to an aromatic ring is 1. The number of amides is 1. The molecule has 3 N–H and O–H groups in total. The predicted molar refractivity (Wildman–Crippen MR) is 82.7 cm³/mol. The lowest BCUT2D eigenvalue weighted by atomic mass is 10.3. The second-order valence-electron chi connectivity index (χ2n) is 3.59. The summed E-state index contributed by atoms with van der Waals surface area (Å²) in [5, 5.41) is 11.6. The van der Waals surface area contributed by atoms with Gasteiger partial charge in [-0.1, -0.05) is 21.6 Å². The van der Waals surface area contributed by atoms with E-state index in [0.717, 1.165) is 0 Å². The van der Waals surface area contributed by atoms with E-state index in [4.69, 9.17) is 10.5 Å². The summed E-state index contributed by atoms with van der Waals surface area (Å²) in [5.74, 6) is 1.57. The quantitative estimate of drug-likeness (QED) is 0.231. The van der Waals surface area contributed by atoms with Crippen LogP contribution in [0.1, 0.15) is 0 Å². The van der Waals surface area contributed by atoms with Gasteiger partial charge in [-0.25, -0.2) is 4.79 Å². The third kappa shape index (κ3) is 8.87. The summed E-state index contributed by atoms with van der Waals surface area (Å²) in [6.07, 6.45) is -0.540. The van der Waals surface area contributed by atoms with Crippen LogP contribution in [0.4, 0.5) is 10.5 Å². The van der Waals surface area contributed by atoms with E-state index in [1.165, 1.54) is 21.6 Å². The Kier molecular flexibility index (Phi) is 8.21. The summed E-state index contributed by atoms with van der Waals surface area (Å²) in [6.45, 7) is 0.485. The lowest BCUT2D eigenvalue weighted by molar-refractivity contribution is -0.756. The Hall–Kier alpha value is -1.81. The molecule has 1 rings (SSSR count). The molecule has 0 saturated carbocycles. The predicted octanol–water partition coefficient (Wildman–Crippen LogP) is 1.95. The molecule has 0 saturated heterocycles. The smallest absolute Gasteiger partial charge is 0.410 e. The Morgan fingerprint density at radius 2 is 1.95 bits per heavy atom. The van der Waals surface area contributed by atoms with Crippen molar-refractivity contribution in [1.29, 1.82) is 0 Å². The highest BCUT2D eigenvalue weighted by Crippen LogP contribution is 2.19. The van der Waals surface area contributed by atoms with E-state index in [9.17, 15) is 14.9 Å². The van der Waals surface area contributed by atoms with Gasteiger partial charge in [-0.15, -0.1) is 10.1 Å².